The molecule has 30 heavy (non-hydrogen) atoms. The van der Waals surface area contributed by atoms with Gasteiger partial charge in [0.1, 0.15) is 6.07 Å². The zero-order valence-electron chi connectivity index (χ0n) is 17.2. The Balaban J connectivity index is 2.03. The highest BCUT2D eigenvalue weighted by molar-refractivity contribution is 5.93. The van der Waals surface area contributed by atoms with Crippen LogP contribution in [0.15, 0.2) is 41.3 Å². The molecule has 2 aromatic carbocycles. The molecule has 2 aromatic heterocycles. The SMILES string of the molecule is CCc1cccc(-c2c(-c3cc(C)c4c(=O)[nH]nc(CN)c4c3)cnn2C)c1C#N. The van der Waals surface area contributed by atoms with E-state index in [-0.39, 0.29) is 12.1 Å². The van der Waals surface area contributed by atoms with Crippen molar-refractivity contribution in [3.05, 3.63) is 69.3 Å². The van der Waals surface area contributed by atoms with Crippen LogP contribution in [0.5, 0.6) is 0 Å². The first-order valence-corrected chi connectivity index (χ1v) is 9.76. The second-order valence-corrected chi connectivity index (χ2v) is 7.25. The largest absolute Gasteiger partial charge is 0.325 e. The number of nitrogens with one attached hydrogen (secondary N) is 1. The molecule has 0 atom stereocenters. The van der Waals surface area contributed by atoms with Gasteiger partial charge in [-0.05, 0) is 36.1 Å². The van der Waals surface area contributed by atoms with Crippen molar-refractivity contribution in [1.29, 1.82) is 5.26 Å². The number of hydrogen-bond acceptors (Lipinski definition) is 5. The van der Waals surface area contributed by atoms with Crippen LogP contribution in [0.25, 0.3) is 33.2 Å². The van der Waals surface area contributed by atoms with Crippen LogP contribution in [0.2, 0.25) is 0 Å². The third-order valence-corrected chi connectivity index (χ3v) is 5.51. The van der Waals surface area contributed by atoms with Crippen LogP contribution in [-0.2, 0) is 20.0 Å². The molecular formula is C23H22N6O. The molecule has 0 radical (unpaired) electrons. The molecule has 3 N–H and O–H groups in total. The third-order valence-electron chi connectivity index (χ3n) is 5.51. The monoisotopic (exact) mass is 398 g/mol. The number of nitrogens with two attached hydrogens (primary N) is 1. The second kappa shape index (κ2) is 7.58. The van der Waals surface area contributed by atoms with Crippen molar-refractivity contribution in [2.24, 2.45) is 12.8 Å². The Morgan fingerprint density at radius 2 is 2.07 bits per heavy atom. The summed E-state index contributed by atoms with van der Waals surface area (Å²) in [7, 11) is 1.87. The Morgan fingerprint density at radius 1 is 1.27 bits per heavy atom. The molecule has 4 rings (SSSR count). The predicted molar refractivity (Wildman–Crippen MR) is 117 cm³/mol. The van der Waals surface area contributed by atoms with E-state index in [0.717, 1.165) is 45.3 Å². The van der Waals surface area contributed by atoms with E-state index in [1.807, 2.05) is 51.2 Å². The maximum absolute atomic E-state index is 12.4. The molecule has 0 amide bonds. The standard InChI is InChI=1S/C23H22N6O/c1-4-14-6-5-7-16(18(14)10-24)22-19(12-26-29(22)3)15-8-13(2)21-17(9-15)20(11-25)27-28-23(21)30/h5-9,12H,4,11,25H2,1-3H3,(H,28,30). The van der Waals surface area contributed by atoms with Gasteiger partial charge in [0, 0.05) is 30.1 Å². The average molecular weight is 398 g/mol. The van der Waals surface area contributed by atoms with Crippen molar-refractivity contribution in [2.45, 2.75) is 26.8 Å². The van der Waals surface area contributed by atoms with Crippen molar-refractivity contribution in [2.75, 3.05) is 0 Å². The Labute approximate surface area is 173 Å². The van der Waals surface area contributed by atoms with Crippen molar-refractivity contribution < 1.29 is 0 Å². The lowest BCUT2D eigenvalue weighted by molar-refractivity contribution is 0.775. The van der Waals surface area contributed by atoms with E-state index in [9.17, 15) is 10.1 Å². The molecule has 4 aromatic rings. The topological polar surface area (TPSA) is 113 Å². The van der Waals surface area contributed by atoms with E-state index >= 15 is 0 Å². The molecule has 7 heteroatoms. The van der Waals surface area contributed by atoms with Gasteiger partial charge in [0.25, 0.3) is 5.56 Å². The predicted octanol–water partition coefficient (Wildman–Crippen LogP) is 3.19. The lowest BCUT2D eigenvalue weighted by atomic mass is 9.92. The number of aromatic nitrogens is 4. The normalized spacial score (nSPS) is 11.0. The summed E-state index contributed by atoms with van der Waals surface area (Å²) in [6.07, 6.45) is 2.56. The molecule has 7 nitrogen and oxygen atoms in total. The maximum atomic E-state index is 12.4. The summed E-state index contributed by atoms with van der Waals surface area (Å²) in [5.41, 5.74) is 12.2. The average Bonchev–Trinajstić information content (AvgIpc) is 3.14. The van der Waals surface area contributed by atoms with Crippen LogP contribution in [-0.4, -0.2) is 20.0 Å². The number of aryl methyl sites for hydroxylation is 3. The first-order valence-electron chi connectivity index (χ1n) is 9.76. The third kappa shape index (κ3) is 2.98. The summed E-state index contributed by atoms with van der Waals surface area (Å²) in [5, 5.41) is 22.2. The molecule has 150 valence electrons. The first kappa shape index (κ1) is 19.6. The Bertz CT molecular complexity index is 1370. The second-order valence-electron chi connectivity index (χ2n) is 7.25. The summed E-state index contributed by atoms with van der Waals surface area (Å²) in [6.45, 7) is 4.15. The van der Waals surface area contributed by atoms with Crippen molar-refractivity contribution in [3.63, 3.8) is 0 Å². The Morgan fingerprint density at radius 3 is 2.77 bits per heavy atom. The van der Waals surface area contributed by atoms with Gasteiger partial charge in [-0.1, -0.05) is 31.2 Å². The van der Waals surface area contributed by atoms with Crippen LogP contribution in [0.3, 0.4) is 0 Å². The van der Waals surface area contributed by atoms with Crippen molar-refractivity contribution in [1.82, 2.24) is 20.0 Å². The zero-order valence-corrected chi connectivity index (χ0v) is 17.2. The van der Waals surface area contributed by atoms with Gasteiger partial charge in [0.2, 0.25) is 0 Å². The number of nitrogens with zero attached hydrogens (tertiary/aromatic N) is 4. The minimum atomic E-state index is -0.236. The van der Waals surface area contributed by atoms with Gasteiger partial charge in [0.15, 0.2) is 0 Å². The van der Waals surface area contributed by atoms with Gasteiger partial charge in [-0.15, -0.1) is 0 Å². The molecule has 0 saturated carbocycles. The quantitative estimate of drug-likeness (QED) is 0.548. The van der Waals surface area contributed by atoms with Gasteiger partial charge < -0.3 is 5.73 Å². The van der Waals surface area contributed by atoms with E-state index in [1.54, 1.807) is 10.9 Å². The fourth-order valence-electron chi connectivity index (χ4n) is 4.05. The Kier molecular flexibility index (Phi) is 4.94. The van der Waals surface area contributed by atoms with E-state index in [4.69, 9.17) is 5.73 Å². The number of benzene rings is 2. The lowest BCUT2D eigenvalue weighted by Gasteiger charge is -2.13. The molecule has 0 aliphatic carbocycles. The summed E-state index contributed by atoms with van der Waals surface area (Å²) < 4.78 is 1.78. The molecule has 0 spiro atoms. The fraction of sp³-hybridized carbons (Fsp3) is 0.217. The van der Waals surface area contributed by atoms with Gasteiger partial charge in [0.05, 0.1) is 28.5 Å². The molecule has 0 fully saturated rings. The molecule has 0 unspecified atom stereocenters. The number of rotatable bonds is 4. The molecular weight excluding hydrogens is 376 g/mol. The molecule has 0 aliphatic rings. The number of nitriles is 1. The van der Waals surface area contributed by atoms with Crippen LogP contribution < -0.4 is 11.3 Å². The van der Waals surface area contributed by atoms with E-state index < -0.39 is 0 Å². The van der Waals surface area contributed by atoms with Gasteiger partial charge >= 0.3 is 0 Å². The van der Waals surface area contributed by atoms with Crippen LogP contribution in [0.1, 0.15) is 29.3 Å². The molecule has 0 bridgehead atoms. The highest BCUT2D eigenvalue weighted by Gasteiger charge is 2.19. The first-order chi connectivity index (χ1) is 14.5. The van der Waals surface area contributed by atoms with Crippen LogP contribution in [0, 0.1) is 18.3 Å². The summed E-state index contributed by atoms with van der Waals surface area (Å²) in [5.74, 6) is 0. The van der Waals surface area contributed by atoms with Crippen molar-refractivity contribution in [3.8, 4) is 28.5 Å². The number of hydrogen-bond donors (Lipinski definition) is 2. The summed E-state index contributed by atoms with van der Waals surface area (Å²) in [4.78, 5) is 12.4. The Hall–Kier alpha value is -3.76. The highest BCUT2D eigenvalue weighted by atomic mass is 16.1. The number of aromatic amines is 1. The summed E-state index contributed by atoms with van der Waals surface area (Å²) in [6, 6.07) is 12.2. The summed E-state index contributed by atoms with van der Waals surface area (Å²) >= 11 is 0. The molecule has 0 saturated heterocycles. The van der Waals surface area contributed by atoms with Crippen molar-refractivity contribution >= 4 is 10.8 Å². The van der Waals surface area contributed by atoms with E-state index in [1.165, 1.54) is 0 Å². The maximum Gasteiger partial charge on any atom is 0.272 e. The zero-order chi connectivity index (χ0) is 21.4. The van der Waals surface area contributed by atoms with Crippen LogP contribution in [0.4, 0.5) is 0 Å². The number of H-pyrrole nitrogens is 1. The lowest BCUT2D eigenvalue weighted by Crippen LogP contribution is -2.14. The number of fused-ring (bicyclic) bond motifs is 1. The minimum absolute atomic E-state index is 0.215. The molecule has 0 aliphatic heterocycles. The van der Waals surface area contributed by atoms with Crippen LogP contribution >= 0.6 is 0 Å². The minimum Gasteiger partial charge on any atom is -0.325 e. The highest BCUT2D eigenvalue weighted by Crippen LogP contribution is 2.36. The van der Waals surface area contributed by atoms with E-state index in [2.05, 4.69) is 21.4 Å². The fourth-order valence-corrected chi connectivity index (χ4v) is 4.05. The molecule has 2 heterocycles. The van der Waals surface area contributed by atoms with Gasteiger partial charge in [-0.25, -0.2) is 5.10 Å². The van der Waals surface area contributed by atoms with Gasteiger partial charge in [-0.2, -0.15) is 15.5 Å². The van der Waals surface area contributed by atoms with Gasteiger partial charge in [-0.3, -0.25) is 9.48 Å². The van der Waals surface area contributed by atoms with E-state index in [0.29, 0.717) is 16.6 Å². The smallest absolute Gasteiger partial charge is 0.272 e.